The lowest BCUT2D eigenvalue weighted by Gasteiger charge is -2.40. The van der Waals surface area contributed by atoms with Crippen molar-refractivity contribution in [3.05, 3.63) is 0 Å². The van der Waals surface area contributed by atoms with E-state index in [0.29, 0.717) is 5.92 Å². The summed E-state index contributed by atoms with van der Waals surface area (Å²) < 4.78 is 0. The van der Waals surface area contributed by atoms with Crippen LogP contribution in [-0.2, 0) is 4.79 Å². The summed E-state index contributed by atoms with van der Waals surface area (Å²) in [7, 11) is 2.22. The first kappa shape index (κ1) is 16.8. The predicted molar refractivity (Wildman–Crippen MR) is 87.0 cm³/mol. The van der Waals surface area contributed by atoms with Crippen molar-refractivity contribution in [1.82, 2.24) is 9.80 Å². The first-order chi connectivity index (χ1) is 9.97. The highest BCUT2D eigenvalue weighted by atomic mass is 16.2. The molecule has 4 heteroatoms. The van der Waals surface area contributed by atoms with Gasteiger partial charge < -0.3 is 15.5 Å². The molecule has 2 aliphatic heterocycles. The number of amides is 1. The number of rotatable bonds is 4. The summed E-state index contributed by atoms with van der Waals surface area (Å²) in [5.41, 5.74) is 6.04. The lowest BCUT2D eigenvalue weighted by Crippen LogP contribution is -2.48. The van der Waals surface area contributed by atoms with E-state index in [1.807, 2.05) is 4.90 Å². The largest absolute Gasteiger partial charge is 0.341 e. The Kier molecular flexibility index (Phi) is 6.06. The van der Waals surface area contributed by atoms with Crippen LogP contribution in [0.5, 0.6) is 0 Å². The van der Waals surface area contributed by atoms with E-state index in [1.165, 1.54) is 38.8 Å². The Hall–Kier alpha value is -0.610. The molecule has 2 N–H and O–H groups in total. The lowest BCUT2D eigenvalue weighted by atomic mass is 9.79. The summed E-state index contributed by atoms with van der Waals surface area (Å²) >= 11 is 0. The van der Waals surface area contributed by atoms with Gasteiger partial charge in [0.15, 0.2) is 0 Å². The van der Waals surface area contributed by atoms with Crippen molar-refractivity contribution in [3.63, 3.8) is 0 Å². The van der Waals surface area contributed by atoms with E-state index in [4.69, 9.17) is 5.73 Å². The second-order valence-corrected chi connectivity index (χ2v) is 7.54. The Balaban J connectivity index is 1.76. The van der Waals surface area contributed by atoms with Gasteiger partial charge in [0.05, 0.1) is 6.04 Å². The molecule has 1 atom stereocenters. The third-order valence-electron chi connectivity index (χ3n) is 5.32. The Bertz CT molecular complexity index is 329. The molecule has 2 aliphatic rings. The Morgan fingerprint density at radius 1 is 1.05 bits per heavy atom. The summed E-state index contributed by atoms with van der Waals surface area (Å²) in [6.45, 7) is 8.56. The van der Waals surface area contributed by atoms with E-state index in [1.54, 1.807) is 0 Å². The van der Waals surface area contributed by atoms with Gasteiger partial charge in [-0.05, 0) is 70.0 Å². The molecule has 2 heterocycles. The molecular formula is C17H33N3O. The SMILES string of the molecule is CC(C)C[C@H](N)C(=O)N1CCC(C2CCN(C)CC2)CC1. The number of hydrogen-bond donors (Lipinski definition) is 1. The molecule has 0 aliphatic carbocycles. The van der Waals surface area contributed by atoms with Gasteiger partial charge in [0, 0.05) is 13.1 Å². The molecule has 4 nitrogen and oxygen atoms in total. The highest BCUT2D eigenvalue weighted by Crippen LogP contribution is 2.32. The molecule has 0 aromatic heterocycles. The maximum absolute atomic E-state index is 12.4. The second-order valence-electron chi connectivity index (χ2n) is 7.54. The normalized spacial score (nSPS) is 24.5. The predicted octanol–water partition coefficient (Wildman–Crippen LogP) is 1.94. The van der Waals surface area contributed by atoms with E-state index in [-0.39, 0.29) is 11.9 Å². The van der Waals surface area contributed by atoms with Gasteiger partial charge in [0.1, 0.15) is 0 Å². The quantitative estimate of drug-likeness (QED) is 0.862. The first-order valence-electron chi connectivity index (χ1n) is 8.70. The molecule has 0 spiro atoms. The van der Waals surface area contributed by atoms with Crippen LogP contribution in [0.4, 0.5) is 0 Å². The van der Waals surface area contributed by atoms with Crippen LogP contribution in [0.3, 0.4) is 0 Å². The Labute approximate surface area is 130 Å². The fourth-order valence-electron chi connectivity index (χ4n) is 3.93. The molecule has 2 saturated heterocycles. The van der Waals surface area contributed by atoms with Crippen molar-refractivity contribution in [2.24, 2.45) is 23.5 Å². The molecule has 2 rings (SSSR count). The zero-order valence-electron chi connectivity index (χ0n) is 14.1. The van der Waals surface area contributed by atoms with Gasteiger partial charge in [-0.1, -0.05) is 13.8 Å². The van der Waals surface area contributed by atoms with Gasteiger partial charge in [0.2, 0.25) is 5.91 Å². The summed E-state index contributed by atoms with van der Waals surface area (Å²) in [5.74, 6) is 2.36. The Morgan fingerprint density at radius 3 is 2.00 bits per heavy atom. The van der Waals surface area contributed by atoms with Crippen LogP contribution in [0, 0.1) is 17.8 Å². The monoisotopic (exact) mass is 295 g/mol. The van der Waals surface area contributed by atoms with Crippen molar-refractivity contribution < 1.29 is 4.79 Å². The summed E-state index contributed by atoms with van der Waals surface area (Å²) in [6.07, 6.45) is 5.82. The van der Waals surface area contributed by atoms with Gasteiger partial charge in [0.25, 0.3) is 0 Å². The zero-order valence-corrected chi connectivity index (χ0v) is 14.1. The van der Waals surface area contributed by atoms with E-state index < -0.39 is 0 Å². The number of hydrogen-bond acceptors (Lipinski definition) is 3. The molecule has 21 heavy (non-hydrogen) atoms. The molecule has 0 aromatic rings. The number of nitrogens with zero attached hydrogens (tertiary/aromatic N) is 2. The minimum Gasteiger partial charge on any atom is -0.341 e. The maximum atomic E-state index is 12.4. The minimum atomic E-state index is -0.301. The number of piperidine rings is 2. The summed E-state index contributed by atoms with van der Waals surface area (Å²) in [4.78, 5) is 16.8. The summed E-state index contributed by atoms with van der Waals surface area (Å²) in [5, 5.41) is 0. The smallest absolute Gasteiger partial charge is 0.239 e. The van der Waals surface area contributed by atoms with Crippen LogP contribution < -0.4 is 5.73 Å². The van der Waals surface area contributed by atoms with Gasteiger partial charge >= 0.3 is 0 Å². The molecule has 0 saturated carbocycles. The van der Waals surface area contributed by atoms with Crippen molar-refractivity contribution in [1.29, 1.82) is 0 Å². The standard InChI is InChI=1S/C17H33N3O/c1-13(2)12-16(18)17(21)20-10-6-15(7-11-20)14-4-8-19(3)9-5-14/h13-16H,4-12,18H2,1-3H3/t16-/m0/s1. The van der Waals surface area contributed by atoms with Crippen LogP contribution in [-0.4, -0.2) is 55.0 Å². The van der Waals surface area contributed by atoms with Crippen molar-refractivity contribution >= 4 is 5.91 Å². The Morgan fingerprint density at radius 2 is 1.52 bits per heavy atom. The van der Waals surface area contributed by atoms with Gasteiger partial charge in [-0.25, -0.2) is 0 Å². The number of carbonyl (C=O) groups is 1. The molecular weight excluding hydrogens is 262 g/mol. The lowest BCUT2D eigenvalue weighted by molar-refractivity contribution is -0.134. The molecule has 0 aromatic carbocycles. The van der Waals surface area contributed by atoms with Crippen LogP contribution in [0.15, 0.2) is 0 Å². The van der Waals surface area contributed by atoms with Crippen LogP contribution in [0.2, 0.25) is 0 Å². The maximum Gasteiger partial charge on any atom is 0.239 e. The fourth-order valence-corrected chi connectivity index (χ4v) is 3.93. The second kappa shape index (κ2) is 7.59. The van der Waals surface area contributed by atoms with Gasteiger partial charge in [-0.3, -0.25) is 4.79 Å². The van der Waals surface area contributed by atoms with E-state index in [0.717, 1.165) is 31.3 Å². The number of nitrogens with two attached hydrogens (primary N) is 1. The fraction of sp³-hybridized carbons (Fsp3) is 0.941. The topological polar surface area (TPSA) is 49.6 Å². The van der Waals surface area contributed by atoms with Gasteiger partial charge in [-0.2, -0.15) is 0 Å². The van der Waals surface area contributed by atoms with E-state index in [9.17, 15) is 4.79 Å². The van der Waals surface area contributed by atoms with E-state index in [2.05, 4.69) is 25.8 Å². The van der Waals surface area contributed by atoms with Crippen molar-refractivity contribution in [3.8, 4) is 0 Å². The number of likely N-dealkylation sites (tertiary alicyclic amines) is 2. The molecule has 0 unspecified atom stereocenters. The molecule has 0 bridgehead atoms. The molecule has 0 radical (unpaired) electrons. The third-order valence-corrected chi connectivity index (χ3v) is 5.32. The average molecular weight is 295 g/mol. The highest BCUT2D eigenvalue weighted by molar-refractivity contribution is 5.81. The van der Waals surface area contributed by atoms with Crippen LogP contribution >= 0.6 is 0 Å². The van der Waals surface area contributed by atoms with Crippen molar-refractivity contribution in [2.75, 3.05) is 33.2 Å². The number of carbonyl (C=O) groups excluding carboxylic acids is 1. The first-order valence-corrected chi connectivity index (χ1v) is 8.70. The van der Waals surface area contributed by atoms with Gasteiger partial charge in [-0.15, -0.1) is 0 Å². The van der Waals surface area contributed by atoms with Crippen LogP contribution in [0.25, 0.3) is 0 Å². The van der Waals surface area contributed by atoms with Crippen molar-refractivity contribution in [2.45, 2.75) is 52.0 Å². The molecule has 122 valence electrons. The third kappa shape index (κ3) is 4.68. The average Bonchev–Trinajstić information content (AvgIpc) is 2.47. The summed E-state index contributed by atoms with van der Waals surface area (Å²) in [6, 6.07) is -0.301. The highest BCUT2D eigenvalue weighted by Gasteiger charge is 2.31. The van der Waals surface area contributed by atoms with Crippen LogP contribution in [0.1, 0.15) is 46.0 Å². The molecule has 1 amide bonds. The zero-order chi connectivity index (χ0) is 15.4. The van der Waals surface area contributed by atoms with E-state index >= 15 is 0 Å². The molecule has 2 fully saturated rings. The minimum absolute atomic E-state index is 0.172.